The van der Waals surface area contributed by atoms with Gasteiger partial charge < -0.3 is 4.74 Å². The molecule has 1 aliphatic rings. The summed E-state index contributed by atoms with van der Waals surface area (Å²) in [5.74, 6) is 0.803. The summed E-state index contributed by atoms with van der Waals surface area (Å²) < 4.78 is 6.52. The Morgan fingerprint density at radius 1 is 1.09 bits per heavy atom. The lowest BCUT2D eigenvalue weighted by molar-refractivity contribution is -0.384. The average Bonchev–Trinajstić information content (AvgIpc) is 3.37. The van der Waals surface area contributed by atoms with Crippen molar-refractivity contribution in [2.75, 3.05) is 11.5 Å². The molecule has 1 aromatic heterocycles. The molecule has 0 N–H and O–H groups in total. The van der Waals surface area contributed by atoms with Gasteiger partial charge in [-0.1, -0.05) is 29.8 Å². The highest BCUT2D eigenvalue weighted by atomic mass is 35.5. The monoisotopic (exact) mass is 503 g/mol. The van der Waals surface area contributed by atoms with Crippen molar-refractivity contribution < 1.29 is 14.5 Å². The van der Waals surface area contributed by atoms with Gasteiger partial charge in [-0.2, -0.15) is 0 Å². The van der Waals surface area contributed by atoms with Crippen LogP contribution in [0.15, 0.2) is 83.5 Å². The van der Waals surface area contributed by atoms with Crippen molar-refractivity contribution in [1.29, 1.82) is 0 Å². The highest BCUT2D eigenvalue weighted by molar-refractivity contribution is 7.21. The molecule has 7 nitrogen and oxygen atoms in total. The smallest absolute Gasteiger partial charge is 0.282 e. The summed E-state index contributed by atoms with van der Waals surface area (Å²) >= 11 is 8.21. The Morgan fingerprint density at radius 2 is 1.80 bits per heavy atom. The number of nitro groups is 1. The van der Waals surface area contributed by atoms with Crippen LogP contribution in [0.1, 0.15) is 17.4 Å². The van der Waals surface area contributed by atoms with Crippen LogP contribution in [0.5, 0.6) is 5.75 Å². The Hall–Kier alpha value is -4.01. The fourth-order valence-electron chi connectivity index (χ4n) is 3.77. The number of halogens is 1. The number of aliphatic imine (C=N–C) groups is 1. The van der Waals surface area contributed by atoms with E-state index in [0.717, 1.165) is 10.1 Å². The van der Waals surface area contributed by atoms with Gasteiger partial charge in [0.1, 0.15) is 11.4 Å². The van der Waals surface area contributed by atoms with Crippen LogP contribution in [-0.4, -0.2) is 23.3 Å². The predicted octanol–water partition coefficient (Wildman–Crippen LogP) is 6.70. The summed E-state index contributed by atoms with van der Waals surface area (Å²) in [6, 6.07) is 20.9. The zero-order valence-corrected chi connectivity index (χ0v) is 20.0. The summed E-state index contributed by atoms with van der Waals surface area (Å²) in [4.78, 5) is 31.0. The maximum absolute atomic E-state index is 13.6. The third-order valence-electron chi connectivity index (χ3n) is 5.41. The van der Waals surface area contributed by atoms with Gasteiger partial charge in [0.2, 0.25) is 0 Å². The van der Waals surface area contributed by atoms with Crippen LogP contribution in [-0.2, 0) is 4.79 Å². The van der Waals surface area contributed by atoms with E-state index in [2.05, 4.69) is 4.99 Å². The molecule has 0 aliphatic carbocycles. The van der Waals surface area contributed by atoms with Gasteiger partial charge >= 0.3 is 0 Å². The molecule has 0 spiro atoms. The maximum Gasteiger partial charge on any atom is 0.282 e. The van der Waals surface area contributed by atoms with Gasteiger partial charge in [-0.05, 0) is 61.0 Å². The van der Waals surface area contributed by atoms with Gasteiger partial charge in [-0.3, -0.25) is 19.8 Å². The molecular formula is C26H18ClN3O4S. The first-order valence-corrected chi connectivity index (χ1v) is 11.9. The number of rotatable bonds is 6. The number of non-ortho nitro benzene ring substituents is 1. The molecule has 0 saturated carbocycles. The number of anilines is 1. The molecule has 0 atom stereocenters. The van der Waals surface area contributed by atoms with Crippen LogP contribution >= 0.6 is 22.9 Å². The summed E-state index contributed by atoms with van der Waals surface area (Å²) in [6.45, 7) is 2.44. The molecule has 0 fully saturated rings. The molecule has 3 aromatic carbocycles. The average molecular weight is 504 g/mol. The fourth-order valence-corrected chi connectivity index (χ4v) is 5.27. The van der Waals surface area contributed by atoms with E-state index in [4.69, 9.17) is 16.3 Å². The topological polar surface area (TPSA) is 85.0 Å². The molecule has 0 bridgehead atoms. The van der Waals surface area contributed by atoms with Crippen molar-refractivity contribution >= 4 is 62.2 Å². The lowest BCUT2D eigenvalue weighted by atomic mass is 10.1. The lowest BCUT2D eigenvalue weighted by Gasteiger charge is -2.18. The quantitative estimate of drug-likeness (QED) is 0.166. The SMILES string of the molecule is CCOc1ccc(N2C(=O)/C(=C\c3ccc([N+](=O)[O-])cc3)N=C2c2sc3ccccc3c2Cl)cc1. The highest BCUT2D eigenvalue weighted by Gasteiger charge is 2.35. The van der Waals surface area contributed by atoms with Gasteiger partial charge in [0.05, 0.1) is 27.1 Å². The number of hydrogen-bond donors (Lipinski definition) is 0. The highest BCUT2D eigenvalue weighted by Crippen LogP contribution is 2.39. The van der Waals surface area contributed by atoms with E-state index in [1.54, 1.807) is 42.5 Å². The zero-order valence-electron chi connectivity index (χ0n) is 18.5. The number of amides is 1. The van der Waals surface area contributed by atoms with E-state index in [0.29, 0.717) is 39.3 Å². The maximum atomic E-state index is 13.6. The number of nitro benzene ring substituents is 1. The van der Waals surface area contributed by atoms with Gasteiger partial charge in [0.25, 0.3) is 11.6 Å². The second-order valence-corrected chi connectivity index (χ2v) is 9.05. The molecule has 2 heterocycles. The summed E-state index contributed by atoms with van der Waals surface area (Å²) in [5.41, 5.74) is 1.43. The first-order chi connectivity index (χ1) is 17.0. The first-order valence-electron chi connectivity index (χ1n) is 10.8. The summed E-state index contributed by atoms with van der Waals surface area (Å²) in [7, 11) is 0. The van der Waals surface area contributed by atoms with Crippen LogP contribution in [0, 0.1) is 10.1 Å². The molecule has 0 unspecified atom stereocenters. The number of carbonyl (C=O) groups is 1. The Bertz CT molecular complexity index is 1510. The van der Waals surface area contributed by atoms with Gasteiger partial charge in [0.15, 0.2) is 5.84 Å². The largest absolute Gasteiger partial charge is 0.494 e. The molecule has 35 heavy (non-hydrogen) atoms. The molecular weight excluding hydrogens is 486 g/mol. The van der Waals surface area contributed by atoms with Crippen molar-refractivity contribution in [2.45, 2.75) is 6.92 Å². The number of carbonyl (C=O) groups excluding carboxylic acids is 1. The zero-order chi connectivity index (χ0) is 24.5. The number of ether oxygens (including phenoxy) is 1. The van der Waals surface area contributed by atoms with Crippen LogP contribution in [0.3, 0.4) is 0 Å². The molecule has 4 aromatic rings. The van der Waals surface area contributed by atoms with E-state index >= 15 is 0 Å². The van der Waals surface area contributed by atoms with Crippen LogP contribution in [0.4, 0.5) is 11.4 Å². The van der Waals surface area contributed by atoms with Crippen molar-refractivity contribution in [3.8, 4) is 5.75 Å². The molecule has 1 amide bonds. The van der Waals surface area contributed by atoms with Gasteiger partial charge in [0, 0.05) is 22.2 Å². The van der Waals surface area contributed by atoms with E-state index in [-0.39, 0.29) is 17.3 Å². The van der Waals surface area contributed by atoms with Gasteiger partial charge in [-0.15, -0.1) is 11.3 Å². The third-order valence-corrected chi connectivity index (χ3v) is 7.08. The number of hydrogen-bond acceptors (Lipinski definition) is 6. The van der Waals surface area contributed by atoms with E-state index in [1.165, 1.54) is 28.4 Å². The van der Waals surface area contributed by atoms with Crippen LogP contribution in [0.2, 0.25) is 5.02 Å². The Balaban J connectivity index is 1.61. The number of fused-ring (bicyclic) bond motifs is 1. The van der Waals surface area contributed by atoms with Crippen molar-refractivity contribution in [2.24, 2.45) is 4.99 Å². The number of amidine groups is 1. The molecule has 5 rings (SSSR count). The first kappa shape index (κ1) is 22.8. The van der Waals surface area contributed by atoms with Crippen molar-refractivity contribution in [3.05, 3.63) is 104 Å². The molecule has 9 heteroatoms. The normalized spacial score (nSPS) is 14.6. The number of benzene rings is 3. The van der Waals surface area contributed by atoms with Crippen LogP contribution in [0.25, 0.3) is 16.2 Å². The van der Waals surface area contributed by atoms with E-state index in [1.807, 2.05) is 31.2 Å². The second-order valence-electron chi connectivity index (χ2n) is 7.62. The fraction of sp³-hybridized carbons (Fsp3) is 0.0769. The van der Waals surface area contributed by atoms with Crippen LogP contribution < -0.4 is 9.64 Å². The summed E-state index contributed by atoms with van der Waals surface area (Å²) in [5, 5.41) is 12.4. The molecule has 1 aliphatic heterocycles. The van der Waals surface area contributed by atoms with Gasteiger partial charge in [-0.25, -0.2) is 4.99 Å². The Kier molecular flexibility index (Phi) is 6.07. The second kappa shape index (κ2) is 9.32. The Labute approximate surface area is 209 Å². The molecule has 0 saturated heterocycles. The van der Waals surface area contributed by atoms with Crippen molar-refractivity contribution in [1.82, 2.24) is 0 Å². The molecule has 0 radical (unpaired) electrons. The van der Waals surface area contributed by atoms with Crippen molar-refractivity contribution in [3.63, 3.8) is 0 Å². The lowest BCUT2D eigenvalue weighted by Crippen LogP contribution is -2.32. The number of thiophene rings is 1. The molecule has 174 valence electrons. The van der Waals surface area contributed by atoms with E-state index < -0.39 is 4.92 Å². The van der Waals surface area contributed by atoms with E-state index in [9.17, 15) is 14.9 Å². The summed E-state index contributed by atoms with van der Waals surface area (Å²) in [6.07, 6.45) is 1.61. The minimum absolute atomic E-state index is 0.0258. The Morgan fingerprint density at radius 3 is 2.46 bits per heavy atom. The standard InChI is InChI=1S/C26H18ClN3O4S/c1-2-34-19-13-11-17(12-14-19)29-25(24-23(27)20-5-3-4-6-22(20)35-24)28-21(26(29)31)15-16-7-9-18(10-8-16)30(32)33/h3-15H,2H2,1H3/b21-15+. The number of nitrogens with zero attached hydrogens (tertiary/aromatic N) is 3. The minimum atomic E-state index is -0.467. The third kappa shape index (κ3) is 4.29. The predicted molar refractivity (Wildman–Crippen MR) is 140 cm³/mol. The minimum Gasteiger partial charge on any atom is -0.494 e.